The highest BCUT2D eigenvalue weighted by molar-refractivity contribution is 9.10. The SMILES string of the molecule is CCc1cc(Br)c(OC)c(CC(C)(C)C(=O)O)c1. The molecule has 0 atom stereocenters. The first-order valence-corrected chi connectivity index (χ1v) is 6.69. The topological polar surface area (TPSA) is 46.5 Å². The molecule has 0 fully saturated rings. The van der Waals surface area contributed by atoms with Crippen LogP contribution in [0.15, 0.2) is 16.6 Å². The minimum absolute atomic E-state index is 0.442. The van der Waals surface area contributed by atoms with Crippen LogP contribution in [0.2, 0.25) is 0 Å². The predicted molar refractivity (Wildman–Crippen MR) is 75.2 cm³/mol. The average Bonchev–Trinajstić information content (AvgIpc) is 2.27. The monoisotopic (exact) mass is 314 g/mol. The lowest BCUT2D eigenvalue weighted by atomic mass is 9.85. The Labute approximate surface area is 116 Å². The molecule has 0 saturated carbocycles. The van der Waals surface area contributed by atoms with Crippen LogP contribution in [-0.4, -0.2) is 18.2 Å². The lowest BCUT2D eigenvalue weighted by Gasteiger charge is -2.21. The maximum Gasteiger partial charge on any atom is 0.309 e. The summed E-state index contributed by atoms with van der Waals surface area (Å²) in [6.45, 7) is 5.52. The lowest BCUT2D eigenvalue weighted by molar-refractivity contribution is -0.146. The predicted octanol–water partition coefficient (Wildman–Crippen LogP) is 3.67. The van der Waals surface area contributed by atoms with Gasteiger partial charge in [-0.1, -0.05) is 13.0 Å². The van der Waals surface area contributed by atoms with Crippen molar-refractivity contribution in [2.75, 3.05) is 7.11 Å². The van der Waals surface area contributed by atoms with Crippen molar-refractivity contribution in [3.05, 3.63) is 27.7 Å². The third kappa shape index (κ3) is 3.25. The van der Waals surface area contributed by atoms with Gasteiger partial charge in [-0.05, 0) is 59.8 Å². The van der Waals surface area contributed by atoms with E-state index in [0.29, 0.717) is 6.42 Å². The maximum absolute atomic E-state index is 11.2. The lowest BCUT2D eigenvalue weighted by Crippen LogP contribution is -2.26. The number of ether oxygens (including phenoxy) is 1. The number of hydrogen-bond donors (Lipinski definition) is 1. The fraction of sp³-hybridized carbons (Fsp3) is 0.500. The summed E-state index contributed by atoms with van der Waals surface area (Å²) >= 11 is 3.47. The van der Waals surface area contributed by atoms with Crippen LogP contribution in [0, 0.1) is 5.41 Å². The summed E-state index contributed by atoms with van der Waals surface area (Å²) in [7, 11) is 1.60. The first kappa shape index (κ1) is 15.0. The second kappa shape index (κ2) is 5.74. The van der Waals surface area contributed by atoms with E-state index in [0.717, 1.165) is 22.2 Å². The van der Waals surface area contributed by atoms with Gasteiger partial charge in [-0.3, -0.25) is 4.79 Å². The van der Waals surface area contributed by atoms with Gasteiger partial charge in [-0.25, -0.2) is 0 Å². The first-order chi connectivity index (χ1) is 8.31. The first-order valence-electron chi connectivity index (χ1n) is 5.90. The van der Waals surface area contributed by atoms with Gasteiger partial charge >= 0.3 is 5.97 Å². The Kier molecular flexibility index (Phi) is 4.79. The third-order valence-electron chi connectivity index (χ3n) is 3.00. The van der Waals surface area contributed by atoms with Crippen molar-refractivity contribution in [1.82, 2.24) is 0 Å². The van der Waals surface area contributed by atoms with Gasteiger partial charge in [0, 0.05) is 0 Å². The average molecular weight is 315 g/mol. The molecule has 0 spiro atoms. The van der Waals surface area contributed by atoms with E-state index in [2.05, 4.69) is 22.9 Å². The van der Waals surface area contributed by atoms with Crippen molar-refractivity contribution in [3.63, 3.8) is 0 Å². The fourth-order valence-corrected chi connectivity index (χ4v) is 2.54. The van der Waals surface area contributed by atoms with Gasteiger partial charge in [0.1, 0.15) is 5.75 Å². The van der Waals surface area contributed by atoms with E-state index < -0.39 is 11.4 Å². The highest BCUT2D eigenvalue weighted by atomic mass is 79.9. The number of hydrogen-bond acceptors (Lipinski definition) is 2. The summed E-state index contributed by atoms with van der Waals surface area (Å²) in [5, 5.41) is 9.21. The molecule has 0 radical (unpaired) electrons. The van der Waals surface area contributed by atoms with Crippen molar-refractivity contribution in [2.45, 2.75) is 33.6 Å². The number of benzene rings is 1. The molecule has 1 rings (SSSR count). The molecule has 0 bridgehead atoms. The van der Waals surface area contributed by atoms with Gasteiger partial charge in [0.2, 0.25) is 0 Å². The maximum atomic E-state index is 11.2. The molecule has 100 valence electrons. The molecule has 1 aromatic rings. The molecule has 0 unspecified atom stereocenters. The van der Waals surface area contributed by atoms with Gasteiger partial charge < -0.3 is 9.84 Å². The van der Waals surface area contributed by atoms with Crippen molar-refractivity contribution >= 4 is 21.9 Å². The Morgan fingerprint density at radius 1 is 1.44 bits per heavy atom. The summed E-state index contributed by atoms with van der Waals surface area (Å²) < 4.78 is 6.24. The highest BCUT2D eigenvalue weighted by Gasteiger charge is 2.29. The quantitative estimate of drug-likeness (QED) is 0.902. The molecule has 0 amide bonds. The molecule has 0 aliphatic rings. The molecular weight excluding hydrogens is 296 g/mol. The van der Waals surface area contributed by atoms with E-state index in [1.165, 1.54) is 5.56 Å². The molecule has 0 saturated heterocycles. The van der Waals surface area contributed by atoms with Crippen LogP contribution >= 0.6 is 15.9 Å². The zero-order valence-electron chi connectivity index (χ0n) is 11.2. The summed E-state index contributed by atoms with van der Waals surface area (Å²) in [6.07, 6.45) is 1.35. The second-order valence-corrected chi connectivity index (χ2v) is 5.84. The van der Waals surface area contributed by atoms with Crippen LogP contribution in [0.3, 0.4) is 0 Å². The number of aryl methyl sites for hydroxylation is 1. The van der Waals surface area contributed by atoms with Gasteiger partial charge in [-0.15, -0.1) is 0 Å². The molecule has 4 heteroatoms. The van der Waals surface area contributed by atoms with Crippen LogP contribution in [-0.2, 0) is 17.6 Å². The number of rotatable bonds is 5. The van der Waals surface area contributed by atoms with Crippen molar-refractivity contribution in [1.29, 1.82) is 0 Å². The van der Waals surface area contributed by atoms with Crippen LogP contribution in [0.5, 0.6) is 5.75 Å². The highest BCUT2D eigenvalue weighted by Crippen LogP contribution is 2.35. The Bertz CT molecular complexity index is 453. The van der Waals surface area contributed by atoms with Crippen LogP contribution < -0.4 is 4.74 Å². The van der Waals surface area contributed by atoms with Gasteiger partial charge in [0.05, 0.1) is 17.0 Å². The molecule has 0 heterocycles. The van der Waals surface area contributed by atoms with E-state index in [1.807, 2.05) is 12.1 Å². The molecule has 0 aliphatic heterocycles. The molecule has 0 aliphatic carbocycles. The van der Waals surface area contributed by atoms with Crippen LogP contribution in [0.1, 0.15) is 31.9 Å². The zero-order valence-corrected chi connectivity index (χ0v) is 12.8. The van der Waals surface area contributed by atoms with Gasteiger partial charge in [-0.2, -0.15) is 0 Å². The largest absolute Gasteiger partial charge is 0.495 e. The molecule has 1 N–H and O–H groups in total. The Hall–Kier alpha value is -1.03. The minimum atomic E-state index is -0.806. The van der Waals surface area contributed by atoms with E-state index in [4.69, 9.17) is 4.74 Å². The summed E-state index contributed by atoms with van der Waals surface area (Å²) in [5.74, 6) is -0.0795. The Morgan fingerprint density at radius 3 is 2.50 bits per heavy atom. The standard InChI is InChI=1S/C14H19BrO3/c1-5-9-6-10(8-14(2,3)13(16)17)12(18-4)11(15)7-9/h6-7H,5,8H2,1-4H3,(H,16,17). The molecule has 3 nitrogen and oxygen atoms in total. The van der Waals surface area contributed by atoms with Gasteiger partial charge in [0.15, 0.2) is 0 Å². The molecular formula is C14H19BrO3. The number of carboxylic acids is 1. The number of carbonyl (C=O) groups is 1. The minimum Gasteiger partial charge on any atom is -0.495 e. The van der Waals surface area contributed by atoms with Gasteiger partial charge in [0.25, 0.3) is 0 Å². The Balaban J connectivity index is 3.22. The summed E-state index contributed by atoms with van der Waals surface area (Å²) in [6, 6.07) is 4.03. The smallest absolute Gasteiger partial charge is 0.309 e. The Morgan fingerprint density at radius 2 is 2.06 bits per heavy atom. The zero-order chi connectivity index (χ0) is 13.9. The molecule has 1 aromatic carbocycles. The van der Waals surface area contributed by atoms with Crippen molar-refractivity contribution in [3.8, 4) is 5.75 Å². The summed E-state index contributed by atoms with van der Waals surface area (Å²) in [5.41, 5.74) is 1.29. The number of aliphatic carboxylic acids is 1. The molecule has 18 heavy (non-hydrogen) atoms. The fourth-order valence-electron chi connectivity index (χ4n) is 1.83. The third-order valence-corrected chi connectivity index (χ3v) is 3.59. The number of halogens is 1. The second-order valence-electron chi connectivity index (χ2n) is 4.99. The van der Waals surface area contributed by atoms with E-state index >= 15 is 0 Å². The van der Waals surface area contributed by atoms with Crippen molar-refractivity contribution < 1.29 is 14.6 Å². The molecule has 0 aromatic heterocycles. The van der Waals surface area contributed by atoms with Crippen molar-refractivity contribution in [2.24, 2.45) is 5.41 Å². The van der Waals surface area contributed by atoms with E-state index in [1.54, 1.807) is 21.0 Å². The van der Waals surface area contributed by atoms with Crippen LogP contribution in [0.25, 0.3) is 0 Å². The number of methoxy groups -OCH3 is 1. The number of carboxylic acid groups (broad SMARTS) is 1. The summed E-state index contributed by atoms with van der Waals surface area (Å²) in [4.78, 5) is 11.2. The van der Waals surface area contributed by atoms with E-state index in [9.17, 15) is 9.90 Å². The van der Waals surface area contributed by atoms with E-state index in [-0.39, 0.29) is 0 Å². The van der Waals surface area contributed by atoms with Crippen LogP contribution in [0.4, 0.5) is 0 Å². The normalized spacial score (nSPS) is 11.4.